The van der Waals surface area contributed by atoms with Crippen molar-refractivity contribution in [2.45, 2.75) is 98.8 Å². The number of rotatable bonds is 45. The van der Waals surface area contributed by atoms with Crippen LogP contribution in [0, 0.1) is 6.92 Å². The topological polar surface area (TPSA) is 321 Å². The second kappa shape index (κ2) is 43.7. The molecule has 30 nitrogen and oxygen atoms in total. The molecule has 10 aromatic rings. The molecular weight excluding hydrogens is 1500 g/mol. The van der Waals surface area contributed by atoms with Crippen LogP contribution in [-0.4, -0.2) is 203 Å². The molecule has 10 rings (SSSR count). The van der Waals surface area contributed by atoms with Crippen molar-refractivity contribution in [3.8, 4) is 11.4 Å². The van der Waals surface area contributed by atoms with Crippen molar-refractivity contribution in [1.29, 1.82) is 0 Å². The number of carbonyl (C=O) groups is 5. The molecule has 0 radical (unpaired) electrons. The van der Waals surface area contributed by atoms with Crippen LogP contribution in [0.5, 0.6) is 0 Å². The van der Waals surface area contributed by atoms with E-state index in [0.717, 1.165) is 49.3 Å². The Bertz CT molecular complexity index is 5040. The zero-order valence-corrected chi connectivity index (χ0v) is 68.2. The highest BCUT2D eigenvalue weighted by Crippen LogP contribution is 2.33. The van der Waals surface area contributed by atoms with E-state index >= 15 is 0 Å². The van der Waals surface area contributed by atoms with Crippen molar-refractivity contribution in [3.63, 3.8) is 0 Å². The zero-order valence-electron chi connectivity index (χ0n) is 68.2. The molecule has 0 spiro atoms. The molecule has 0 aliphatic heterocycles. The van der Waals surface area contributed by atoms with E-state index in [1.807, 2.05) is 122 Å². The largest absolute Gasteiger partial charge is 0.492 e. The number of hydrogen-bond donors (Lipinski definition) is 2. The summed E-state index contributed by atoms with van der Waals surface area (Å²) in [5, 5.41) is 24.0. The minimum Gasteiger partial charge on any atom is -0.492 e. The number of anilines is 3. The van der Waals surface area contributed by atoms with E-state index < -0.39 is 53.4 Å². The van der Waals surface area contributed by atoms with Gasteiger partial charge in [-0.25, -0.2) is 33.3 Å². The second-order valence-electron chi connectivity index (χ2n) is 28.4. The van der Waals surface area contributed by atoms with E-state index in [1.54, 1.807) is 113 Å². The normalized spacial score (nSPS) is 12.2. The number of esters is 1. The number of carbonyl (C=O) groups excluding carboxylic acids is 5. The molecule has 0 saturated heterocycles. The van der Waals surface area contributed by atoms with Crippen molar-refractivity contribution in [2.24, 2.45) is 0 Å². The number of nitrogens with one attached hydrogen (secondary N) is 2. The molecule has 0 fully saturated rings. The minimum atomic E-state index is -1.16. The summed E-state index contributed by atoms with van der Waals surface area (Å²) in [6.45, 7) is 21.4. The Hall–Kier alpha value is -11.9. The Morgan fingerprint density at radius 3 is 1.44 bits per heavy atom. The molecule has 620 valence electrons. The third-order valence-electron chi connectivity index (χ3n) is 19.0. The summed E-state index contributed by atoms with van der Waals surface area (Å²) in [5.74, 6) is -0.900. The van der Waals surface area contributed by atoms with E-state index in [9.17, 15) is 33.6 Å². The number of unbranched alkanes of at least 4 members (excludes halogenated alkanes) is 2. The van der Waals surface area contributed by atoms with Gasteiger partial charge < -0.3 is 72.1 Å². The van der Waals surface area contributed by atoms with Crippen LogP contribution in [0.25, 0.3) is 39.1 Å². The molecule has 4 amide bonds. The maximum Gasteiger partial charge on any atom is 0.414 e. The van der Waals surface area contributed by atoms with E-state index in [2.05, 4.69) is 42.7 Å². The second-order valence-corrected chi connectivity index (χ2v) is 28.4. The molecule has 2 N–H and O–H groups in total. The van der Waals surface area contributed by atoms with Gasteiger partial charge in [-0.05, 0) is 190 Å². The molecular formula is C87H105N13O17. The van der Waals surface area contributed by atoms with Crippen LogP contribution in [0.3, 0.4) is 0 Å². The molecule has 0 saturated carbocycles. The molecule has 30 heteroatoms. The van der Waals surface area contributed by atoms with Crippen molar-refractivity contribution < 1.29 is 70.7 Å². The molecule has 0 bridgehead atoms. The van der Waals surface area contributed by atoms with Gasteiger partial charge >= 0.3 is 29.4 Å². The number of likely N-dealkylation sites (N-methyl/N-ethyl adjacent to an activating group) is 2. The minimum absolute atomic E-state index is 0.163. The lowest BCUT2D eigenvalue weighted by atomic mass is 10.0. The number of hydrogen-bond acceptors (Lipinski definition) is 24. The Labute approximate surface area is 680 Å². The molecule has 3 atom stereocenters. The lowest BCUT2D eigenvalue weighted by molar-refractivity contribution is -0.0431. The molecule has 4 aromatic heterocycles. The van der Waals surface area contributed by atoms with Crippen LogP contribution in [0.1, 0.15) is 137 Å². The monoisotopic (exact) mass is 1600 g/mol. The Morgan fingerprint density at radius 1 is 0.504 bits per heavy atom. The van der Waals surface area contributed by atoms with Crippen LogP contribution >= 0.6 is 0 Å². The van der Waals surface area contributed by atoms with Crippen molar-refractivity contribution >= 4 is 74.7 Å². The lowest BCUT2D eigenvalue weighted by Gasteiger charge is -2.27. The fraction of sp³-hybridized carbons (Fsp3) is 0.391. The number of ether oxygens (including phenoxy) is 8. The van der Waals surface area contributed by atoms with E-state index in [-0.39, 0.29) is 58.8 Å². The van der Waals surface area contributed by atoms with Gasteiger partial charge in [-0.2, -0.15) is 0 Å². The highest BCUT2D eigenvalue weighted by molar-refractivity contribution is 5.96. The first-order valence-electron chi connectivity index (χ1n) is 39.4. The van der Waals surface area contributed by atoms with E-state index in [0.29, 0.717) is 142 Å². The molecule has 4 heterocycles. The smallest absolute Gasteiger partial charge is 0.414 e. The first kappa shape index (κ1) is 87.5. The molecule has 6 aromatic carbocycles. The molecule has 3 unspecified atom stereocenters. The number of fused-ring (bicyclic) bond motifs is 2. The number of amides is 4. The van der Waals surface area contributed by atoms with Crippen LogP contribution in [0.4, 0.5) is 26.7 Å². The van der Waals surface area contributed by atoms with Crippen molar-refractivity contribution in [1.82, 2.24) is 50.4 Å². The van der Waals surface area contributed by atoms with Gasteiger partial charge in [0.2, 0.25) is 0 Å². The molecule has 0 aliphatic carbocycles. The highest BCUT2D eigenvalue weighted by atomic mass is 16.6. The highest BCUT2D eigenvalue weighted by Gasteiger charge is 2.30. The van der Waals surface area contributed by atoms with Gasteiger partial charge in [0.15, 0.2) is 0 Å². The summed E-state index contributed by atoms with van der Waals surface area (Å²) in [6, 6.07) is 40.7. The number of aromatic nitrogens is 6. The third-order valence-corrected chi connectivity index (χ3v) is 19.0. The molecule has 117 heavy (non-hydrogen) atoms. The summed E-state index contributed by atoms with van der Waals surface area (Å²) in [4.78, 5) is 105. The predicted octanol–water partition coefficient (Wildman–Crippen LogP) is 12.5. The predicted molar refractivity (Wildman–Crippen MR) is 444 cm³/mol. The fourth-order valence-corrected chi connectivity index (χ4v) is 12.5. The standard InChI is InChI=1S/C87H105N13O17/c1-12-16-38-97(68-27-19-62(20-28-68)61(7)112-42-40-94(8)9)86(106)116-79(75-50-81(101)114-77-48-59(5)18-36-73(75)77)52-88-83(103)63-23-33-71(34-24-63)100-55-67(91-93-100)58-110-46-47-111-60(6)56-108-44-45-109-57-66-54-99(92-90-66)70-31-21-64(22-32-70)84(104)89-53-80(76-51-82(102)115-78-49-72(35-37-74(76)78)96(14-3)15-4)117-87(107)98(39-17-13-2)69-29-25-65(26-30-69)85(105)113-43-41-95(10)11/h18-37,48-51,54-55,60,79-80H,7,12-17,38-47,52-53,56-58H2,1-6,8-11H3,(H,88,103)(H,89,104). The Kier molecular flexibility index (Phi) is 32.7. The van der Waals surface area contributed by atoms with Crippen molar-refractivity contribution in [3.05, 3.63) is 236 Å². The zero-order chi connectivity index (χ0) is 83.3. The van der Waals surface area contributed by atoms with Gasteiger partial charge in [0.25, 0.3) is 11.8 Å². The van der Waals surface area contributed by atoms with Crippen LogP contribution in [0.15, 0.2) is 183 Å². The summed E-state index contributed by atoms with van der Waals surface area (Å²) in [7, 11) is 7.70. The summed E-state index contributed by atoms with van der Waals surface area (Å²) in [6.07, 6.45) is 2.41. The van der Waals surface area contributed by atoms with E-state index in [4.69, 9.17) is 46.7 Å². The SMILES string of the molecule is C=C(OCCN(C)C)c1ccc(N(CCCC)C(=O)OC(CNC(=O)c2ccc(-n3cc(COCCOC(C)COCCOCc4cn(-c5ccc(C(=O)NCC(OC(=O)N(CCCC)c6ccc(C(=O)OCCN(C)C)cc6)c6cc(=O)oc7cc(N(CC)CC)ccc67)cc5)nn4)nn3)cc2)c2cc(=O)oc3cc(C)ccc23)cc1. The van der Waals surface area contributed by atoms with Gasteiger partial charge in [0.1, 0.15) is 53.7 Å². The summed E-state index contributed by atoms with van der Waals surface area (Å²) in [5.41, 5.74) is 6.90. The van der Waals surface area contributed by atoms with E-state index in [1.165, 1.54) is 21.9 Å². The Morgan fingerprint density at radius 2 is 0.949 bits per heavy atom. The summed E-state index contributed by atoms with van der Waals surface area (Å²) >= 11 is 0. The third kappa shape index (κ3) is 25.3. The van der Waals surface area contributed by atoms with Crippen LogP contribution in [0.2, 0.25) is 0 Å². The van der Waals surface area contributed by atoms with Crippen LogP contribution in [-0.2, 0) is 51.1 Å². The van der Waals surface area contributed by atoms with Crippen molar-refractivity contribution in [2.75, 3.05) is 141 Å². The first-order valence-corrected chi connectivity index (χ1v) is 39.4. The van der Waals surface area contributed by atoms with Crippen LogP contribution < -0.4 is 36.6 Å². The fourth-order valence-electron chi connectivity index (χ4n) is 12.5. The summed E-state index contributed by atoms with van der Waals surface area (Å²) < 4.78 is 61.7. The quantitative estimate of drug-likeness (QED) is 0.0118. The average Bonchev–Trinajstić information content (AvgIpc) is 1.73. The molecule has 0 aliphatic rings. The van der Waals surface area contributed by atoms with Gasteiger partial charge in [0, 0.05) is 113 Å². The Balaban J connectivity index is 0.651. The number of benzene rings is 6. The van der Waals surface area contributed by atoms with Gasteiger partial charge in [0.05, 0.1) is 94.8 Å². The average molecular weight is 1600 g/mol. The maximum atomic E-state index is 14.5. The number of aryl methyl sites for hydroxylation is 1. The number of nitrogens with zero attached hydrogens (tertiary/aromatic N) is 11. The lowest BCUT2D eigenvalue weighted by Crippen LogP contribution is -2.37. The first-order chi connectivity index (χ1) is 56.6. The maximum absolute atomic E-state index is 14.5. The van der Waals surface area contributed by atoms with Gasteiger partial charge in [-0.3, -0.25) is 19.4 Å². The van der Waals surface area contributed by atoms with Gasteiger partial charge in [-0.15, -0.1) is 10.2 Å². The van der Waals surface area contributed by atoms with Gasteiger partial charge in [-0.1, -0.05) is 55.8 Å².